The highest BCUT2D eigenvalue weighted by Gasteiger charge is 2.33. The van der Waals surface area contributed by atoms with Crippen molar-refractivity contribution in [3.05, 3.63) is 0 Å². The first kappa shape index (κ1) is 9.24. The van der Waals surface area contributed by atoms with Gasteiger partial charge in [0.1, 0.15) is 0 Å². The van der Waals surface area contributed by atoms with Gasteiger partial charge in [0.25, 0.3) is 0 Å². The Balaban J connectivity index is 2.56. The molecule has 0 bridgehead atoms. The van der Waals surface area contributed by atoms with Crippen molar-refractivity contribution in [2.24, 2.45) is 0 Å². The summed E-state index contributed by atoms with van der Waals surface area (Å²) >= 11 is 0. The normalized spacial score (nSPS) is 26.4. The highest BCUT2D eigenvalue weighted by atomic mass is 31.2. The van der Waals surface area contributed by atoms with Gasteiger partial charge in [-0.15, -0.1) is 0 Å². The Morgan fingerprint density at radius 3 is 2.45 bits per heavy atom. The Morgan fingerprint density at radius 2 is 2.00 bits per heavy atom. The molecule has 1 atom stereocenters. The Morgan fingerprint density at radius 1 is 1.45 bits per heavy atom. The van der Waals surface area contributed by atoms with Gasteiger partial charge < -0.3 is 9.05 Å². The van der Waals surface area contributed by atoms with Crippen LogP contribution in [0, 0.1) is 0 Å². The molecule has 0 amide bonds. The Hall–Kier alpha value is 0.150. The zero-order chi connectivity index (χ0) is 8.32. The fraction of sp³-hybridized carbons (Fsp3) is 1.00. The first-order chi connectivity index (χ1) is 5.19. The van der Waals surface area contributed by atoms with E-state index in [0.29, 0.717) is 13.2 Å². The van der Waals surface area contributed by atoms with E-state index >= 15 is 0 Å². The lowest BCUT2D eigenvalue weighted by Crippen LogP contribution is -2.15. The molecule has 0 aromatic carbocycles. The molecule has 0 aliphatic carbocycles. The zero-order valence-corrected chi connectivity index (χ0v) is 7.97. The molecule has 1 aliphatic rings. The molecule has 1 saturated heterocycles. The standard InChI is InChI=1S/C7H15O3P/c1-3-7(2)11(8)9-5-4-6-10-11/h7H,3-6H2,1-2H3. The molecule has 1 unspecified atom stereocenters. The van der Waals surface area contributed by atoms with Crippen molar-refractivity contribution in [1.29, 1.82) is 0 Å². The number of hydrogen-bond acceptors (Lipinski definition) is 3. The third-order valence-corrected chi connectivity index (χ3v) is 4.49. The van der Waals surface area contributed by atoms with E-state index in [1.165, 1.54) is 0 Å². The lowest BCUT2D eigenvalue weighted by Gasteiger charge is -2.26. The van der Waals surface area contributed by atoms with Gasteiger partial charge in [-0.3, -0.25) is 4.57 Å². The van der Waals surface area contributed by atoms with Crippen LogP contribution in [0.3, 0.4) is 0 Å². The minimum absolute atomic E-state index is 0.0443. The second kappa shape index (κ2) is 3.70. The van der Waals surface area contributed by atoms with Crippen LogP contribution in [0.25, 0.3) is 0 Å². The average Bonchev–Trinajstić information content (AvgIpc) is 2.04. The Bertz CT molecular complexity index is 159. The van der Waals surface area contributed by atoms with Crippen LogP contribution in [-0.2, 0) is 13.6 Å². The van der Waals surface area contributed by atoms with Crippen LogP contribution in [0.5, 0.6) is 0 Å². The van der Waals surface area contributed by atoms with E-state index in [1.54, 1.807) is 0 Å². The number of rotatable bonds is 2. The number of hydrogen-bond donors (Lipinski definition) is 0. The van der Waals surface area contributed by atoms with Crippen molar-refractivity contribution in [3.8, 4) is 0 Å². The summed E-state index contributed by atoms with van der Waals surface area (Å²) in [6.45, 7) is 5.07. The largest absolute Gasteiger partial charge is 0.333 e. The molecule has 1 rings (SSSR count). The van der Waals surface area contributed by atoms with Crippen molar-refractivity contribution in [2.75, 3.05) is 13.2 Å². The second-order valence-electron chi connectivity index (χ2n) is 2.82. The molecule has 4 heteroatoms. The monoisotopic (exact) mass is 178 g/mol. The maximum atomic E-state index is 11.7. The SMILES string of the molecule is CCC(C)P1(=O)OCCCO1. The van der Waals surface area contributed by atoms with Gasteiger partial charge in [-0.25, -0.2) is 0 Å². The van der Waals surface area contributed by atoms with Gasteiger partial charge in [-0.05, 0) is 12.8 Å². The van der Waals surface area contributed by atoms with Gasteiger partial charge in [0.05, 0.1) is 18.9 Å². The Kier molecular flexibility index (Phi) is 3.11. The van der Waals surface area contributed by atoms with E-state index in [4.69, 9.17) is 9.05 Å². The molecule has 0 radical (unpaired) electrons. The van der Waals surface area contributed by atoms with Gasteiger partial charge >= 0.3 is 7.60 Å². The van der Waals surface area contributed by atoms with E-state index in [1.807, 2.05) is 13.8 Å². The lowest BCUT2D eigenvalue weighted by atomic mass is 10.4. The van der Waals surface area contributed by atoms with Gasteiger partial charge in [-0.2, -0.15) is 0 Å². The quantitative estimate of drug-likeness (QED) is 0.609. The maximum absolute atomic E-state index is 11.7. The van der Waals surface area contributed by atoms with Crippen LogP contribution in [0.4, 0.5) is 0 Å². The van der Waals surface area contributed by atoms with Crippen LogP contribution in [0.1, 0.15) is 26.7 Å². The molecule has 1 aliphatic heterocycles. The molecule has 11 heavy (non-hydrogen) atoms. The predicted octanol–water partition coefficient (Wildman–Crippen LogP) is 2.41. The fourth-order valence-electron chi connectivity index (χ4n) is 0.958. The maximum Gasteiger partial charge on any atom is 0.333 e. The third-order valence-electron chi connectivity index (χ3n) is 1.96. The summed E-state index contributed by atoms with van der Waals surface area (Å²) in [5.41, 5.74) is 0.0443. The molecule has 66 valence electrons. The van der Waals surface area contributed by atoms with E-state index in [0.717, 1.165) is 12.8 Å². The van der Waals surface area contributed by atoms with Crippen LogP contribution in [0.2, 0.25) is 0 Å². The van der Waals surface area contributed by atoms with Gasteiger partial charge in [-0.1, -0.05) is 13.8 Å². The van der Waals surface area contributed by atoms with Gasteiger partial charge in [0.2, 0.25) is 0 Å². The molecular formula is C7H15O3P. The minimum Gasteiger partial charge on any atom is -0.308 e. The summed E-state index contributed by atoms with van der Waals surface area (Å²) in [7, 11) is -2.70. The van der Waals surface area contributed by atoms with Crippen LogP contribution in [-0.4, -0.2) is 18.9 Å². The van der Waals surface area contributed by atoms with E-state index in [2.05, 4.69) is 0 Å². The highest BCUT2D eigenvalue weighted by Crippen LogP contribution is 2.55. The van der Waals surface area contributed by atoms with Crippen molar-refractivity contribution < 1.29 is 13.6 Å². The van der Waals surface area contributed by atoms with Crippen molar-refractivity contribution in [2.45, 2.75) is 32.3 Å². The molecular weight excluding hydrogens is 163 g/mol. The van der Waals surface area contributed by atoms with Crippen molar-refractivity contribution >= 4 is 7.60 Å². The summed E-state index contributed by atoms with van der Waals surface area (Å²) in [6.07, 6.45) is 1.71. The minimum atomic E-state index is -2.70. The fourth-order valence-corrected chi connectivity index (χ4v) is 2.76. The Labute approximate surface area is 67.6 Å². The van der Waals surface area contributed by atoms with E-state index in [9.17, 15) is 4.57 Å². The summed E-state index contributed by atoms with van der Waals surface area (Å²) in [6, 6.07) is 0. The van der Waals surface area contributed by atoms with Crippen LogP contribution >= 0.6 is 7.60 Å². The van der Waals surface area contributed by atoms with Crippen LogP contribution in [0.15, 0.2) is 0 Å². The first-order valence-corrected chi connectivity index (χ1v) is 5.69. The first-order valence-electron chi connectivity index (χ1n) is 4.08. The summed E-state index contributed by atoms with van der Waals surface area (Å²) in [5.74, 6) is 0. The lowest BCUT2D eigenvalue weighted by molar-refractivity contribution is 0.141. The second-order valence-corrected chi connectivity index (χ2v) is 5.29. The zero-order valence-electron chi connectivity index (χ0n) is 7.08. The predicted molar refractivity (Wildman–Crippen MR) is 43.9 cm³/mol. The molecule has 0 saturated carbocycles. The summed E-state index contributed by atoms with van der Waals surface area (Å²) in [4.78, 5) is 0. The average molecular weight is 178 g/mol. The summed E-state index contributed by atoms with van der Waals surface area (Å²) in [5, 5.41) is 0. The van der Waals surface area contributed by atoms with Crippen LogP contribution < -0.4 is 0 Å². The van der Waals surface area contributed by atoms with Gasteiger partial charge in [0, 0.05) is 0 Å². The summed E-state index contributed by atoms with van der Waals surface area (Å²) < 4.78 is 22.0. The van der Waals surface area contributed by atoms with Gasteiger partial charge in [0.15, 0.2) is 0 Å². The smallest absolute Gasteiger partial charge is 0.308 e. The molecule has 0 aromatic heterocycles. The molecule has 0 N–H and O–H groups in total. The topological polar surface area (TPSA) is 35.5 Å². The van der Waals surface area contributed by atoms with Crippen molar-refractivity contribution in [1.82, 2.24) is 0 Å². The van der Waals surface area contributed by atoms with E-state index in [-0.39, 0.29) is 5.66 Å². The third kappa shape index (κ3) is 2.05. The molecule has 1 fully saturated rings. The molecule has 3 nitrogen and oxygen atoms in total. The van der Waals surface area contributed by atoms with E-state index < -0.39 is 7.60 Å². The molecule has 0 aromatic rings. The molecule has 1 heterocycles. The highest BCUT2D eigenvalue weighted by molar-refractivity contribution is 7.54. The molecule has 0 spiro atoms. The van der Waals surface area contributed by atoms with Crippen molar-refractivity contribution in [3.63, 3.8) is 0 Å².